The van der Waals surface area contributed by atoms with E-state index in [-0.39, 0.29) is 12.5 Å². The molecule has 0 saturated carbocycles. The van der Waals surface area contributed by atoms with Crippen LogP contribution in [0, 0.1) is 0 Å². The lowest BCUT2D eigenvalue weighted by Crippen LogP contribution is -2.45. The van der Waals surface area contributed by atoms with E-state index in [2.05, 4.69) is 116 Å². The predicted molar refractivity (Wildman–Crippen MR) is 276 cm³/mol. The molecule has 62 heavy (non-hydrogen) atoms. The molecular weight excluding hydrogens is 759 g/mol. The molecule has 0 bridgehead atoms. The van der Waals surface area contributed by atoms with E-state index >= 15 is 0 Å². The molecule has 2 atom stereocenters. The first kappa shape index (κ1) is 59.1. The van der Waals surface area contributed by atoms with Crippen molar-refractivity contribution in [3.05, 3.63) is 109 Å². The zero-order valence-corrected chi connectivity index (χ0v) is 40.6. The van der Waals surface area contributed by atoms with E-state index in [4.69, 9.17) is 0 Å². The number of hydrogen-bond acceptors (Lipinski definition) is 3. The molecule has 4 nitrogen and oxygen atoms in total. The average Bonchev–Trinajstić information content (AvgIpc) is 3.28. The molecule has 1 amide bonds. The van der Waals surface area contributed by atoms with Gasteiger partial charge in [-0.05, 0) is 96.3 Å². The maximum Gasteiger partial charge on any atom is 0.220 e. The third-order valence-electron chi connectivity index (χ3n) is 11.2. The monoisotopic (exact) mass is 858 g/mol. The Morgan fingerprint density at radius 1 is 0.403 bits per heavy atom. The first-order chi connectivity index (χ1) is 30.7. The first-order valence-electron chi connectivity index (χ1n) is 26.1. The van der Waals surface area contributed by atoms with E-state index in [0.717, 1.165) is 83.5 Å². The number of hydrogen-bond donors (Lipinski definition) is 3. The third-order valence-corrected chi connectivity index (χ3v) is 11.2. The highest BCUT2D eigenvalue weighted by atomic mass is 16.3. The van der Waals surface area contributed by atoms with Crippen LogP contribution in [0.15, 0.2) is 109 Å². The van der Waals surface area contributed by atoms with Gasteiger partial charge >= 0.3 is 0 Å². The zero-order valence-electron chi connectivity index (χ0n) is 40.6. The lowest BCUT2D eigenvalue weighted by Gasteiger charge is -2.19. The van der Waals surface area contributed by atoms with Crippen LogP contribution in [0.1, 0.15) is 232 Å². The van der Waals surface area contributed by atoms with Crippen molar-refractivity contribution in [2.75, 3.05) is 6.61 Å². The van der Waals surface area contributed by atoms with Crippen LogP contribution in [0.25, 0.3) is 0 Å². The highest BCUT2D eigenvalue weighted by molar-refractivity contribution is 5.76. The van der Waals surface area contributed by atoms with Crippen molar-refractivity contribution >= 4 is 5.91 Å². The van der Waals surface area contributed by atoms with Crippen LogP contribution in [0.4, 0.5) is 0 Å². The number of rotatable bonds is 46. The summed E-state index contributed by atoms with van der Waals surface area (Å²) in [4.78, 5) is 12.4. The van der Waals surface area contributed by atoms with Gasteiger partial charge in [-0.1, -0.05) is 239 Å². The Balaban J connectivity index is 3.65. The number of unbranched alkanes of at least 4 members (excludes halogenated alkanes) is 23. The topological polar surface area (TPSA) is 69.6 Å². The molecule has 354 valence electrons. The molecule has 0 heterocycles. The van der Waals surface area contributed by atoms with Crippen molar-refractivity contribution in [2.45, 2.75) is 244 Å². The zero-order chi connectivity index (χ0) is 44.9. The van der Waals surface area contributed by atoms with Gasteiger partial charge in [-0.3, -0.25) is 4.79 Å². The van der Waals surface area contributed by atoms with Gasteiger partial charge in [-0.2, -0.15) is 0 Å². The molecule has 0 aromatic carbocycles. The fraction of sp³-hybridized carbons (Fsp3) is 0.672. The first-order valence-corrected chi connectivity index (χ1v) is 26.1. The summed E-state index contributed by atoms with van der Waals surface area (Å²) in [6.07, 6.45) is 79.4. The molecule has 0 aliphatic carbocycles. The Labute approximate surface area is 385 Å². The molecule has 3 N–H and O–H groups in total. The Morgan fingerprint density at radius 2 is 0.726 bits per heavy atom. The Hall–Kier alpha value is -2.95. The Kier molecular flexibility index (Phi) is 49.9. The fourth-order valence-electron chi connectivity index (χ4n) is 7.27. The molecule has 2 unspecified atom stereocenters. The molecule has 0 spiro atoms. The fourth-order valence-corrected chi connectivity index (χ4v) is 7.27. The number of aliphatic hydroxyl groups excluding tert-OH is 2. The predicted octanol–water partition coefficient (Wildman–Crippen LogP) is 17.1. The van der Waals surface area contributed by atoms with Crippen LogP contribution in [-0.4, -0.2) is 34.9 Å². The number of amides is 1. The molecule has 0 aromatic rings. The van der Waals surface area contributed by atoms with Crippen LogP contribution in [0.2, 0.25) is 0 Å². The van der Waals surface area contributed by atoms with E-state index in [9.17, 15) is 15.0 Å². The number of carbonyl (C=O) groups is 1. The summed E-state index contributed by atoms with van der Waals surface area (Å²) < 4.78 is 0. The number of carbonyl (C=O) groups excluding carboxylic acids is 1. The van der Waals surface area contributed by atoms with Crippen LogP contribution in [0.5, 0.6) is 0 Å². The van der Waals surface area contributed by atoms with E-state index in [0.29, 0.717) is 6.42 Å². The van der Waals surface area contributed by atoms with Crippen LogP contribution in [0.3, 0.4) is 0 Å². The lowest BCUT2D eigenvalue weighted by molar-refractivity contribution is -0.123. The SMILES string of the molecule is CC/C=C\C/C=C\C/C=C\C/C=C\C/C=C\C/C=C\CCCCCCCCCCCCC(=O)NC(CO)C(O)/C=C/CC/C=C/CC/C=C/CCCCCCCCCCCCC. The quantitative estimate of drug-likeness (QED) is 0.0422. The van der Waals surface area contributed by atoms with Gasteiger partial charge in [-0.25, -0.2) is 0 Å². The van der Waals surface area contributed by atoms with Crippen LogP contribution < -0.4 is 5.32 Å². The van der Waals surface area contributed by atoms with E-state index < -0.39 is 12.1 Å². The van der Waals surface area contributed by atoms with Crippen LogP contribution >= 0.6 is 0 Å². The minimum absolute atomic E-state index is 0.0868. The molecule has 0 aliphatic rings. The number of allylic oxidation sites excluding steroid dienone is 17. The normalized spacial score (nSPS) is 13.8. The van der Waals surface area contributed by atoms with Crippen molar-refractivity contribution < 1.29 is 15.0 Å². The molecule has 0 aromatic heterocycles. The van der Waals surface area contributed by atoms with Crippen molar-refractivity contribution in [3.63, 3.8) is 0 Å². The van der Waals surface area contributed by atoms with E-state index in [1.165, 1.54) is 128 Å². The van der Waals surface area contributed by atoms with Gasteiger partial charge in [0.25, 0.3) is 0 Å². The summed E-state index contributed by atoms with van der Waals surface area (Å²) in [6.45, 7) is 4.18. The van der Waals surface area contributed by atoms with Gasteiger partial charge in [0.15, 0.2) is 0 Å². The molecule has 0 rings (SSSR count). The highest BCUT2D eigenvalue weighted by Crippen LogP contribution is 2.14. The van der Waals surface area contributed by atoms with Crippen molar-refractivity contribution in [1.82, 2.24) is 5.32 Å². The molecule has 0 fully saturated rings. The second-order valence-electron chi connectivity index (χ2n) is 17.2. The van der Waals surface area contributed by atoms with Crippen LogP contribution in [-0.2, 0) is 4.79 Å². The van der Waals surface area contributed by atoms with Gasteiger partial charge in [0.1, 0.15) is 0 Å². The van der Waals surface area contributed by atoms with E-state index in [1.807, 2.05) is 6.08 Å². The van der Waals surface area contributed by atoms with Crippen molar-refractivity contribution in [2.24, 2.45) is 0 Å². The molecule has 0 saturated heterocycles. The summed E-state index contributed by atoms with van der Waals surface area (Å²) in [5.41, 5.74) is 0. The van der Waals surface area contributed by atoms with Crippen molar-refractivity contribution in [3.8, 4) is 0 Å². The van der Waals surface area contributed by atoms with Gasteiger partial charge < -0.3 is 15.5 Å². The molecule has 0 radical (unpaired) electrons. The summed E-state index contributed by atoms with van der Waals surface area (Å²) >= 11 is 0. The summed E-state index contributed by atoms with van der Waals surface area (Å²) in [6, 6.07) is -0.656. The standard InChI is InChI=1S/C58H99NO3/c1-3-5-7-9-11-13-15-17-19-21-23-25-26-27-28-29-30-31-32-34-36-38-40-42-44-46-48-50-52-54-58(62)59-56(55-60)57(61)53-51-49-47-45-43-41-39-37-35-33-24-22-20-18-16-14-12-10-8-6-4-2/h5,7,11,13,17,19,23,25,27-28,30-31,35,37,43,45,51,53,56-57,60-61H,3-4,6,8-10,12,14-16,18,20-22,24,26,29,32-34,36,38-42,44,46-50,52,54-55H2,1-2H3,(H,59,62)/b7-5-,13-11-,19-17-,25-23-,28-27-,31-30-,37-35+,45-43+,53-51+. The van der Waals surface area contributed by atoms with Gasteiger partial charge in [0.05, 0.1) is 18.8 Å². The highest BCUT2D eigenvalue weighted by Gasteiger charge is 2.17. The minimum Gasteiger partial charge on any atom is -0.394 e. The molecular formula is C58H99NO3. The number of nitrogens with one attached hydrogen (secondary N) is 1. The Bertz CT molecular complexity index is 1200. The second-order valence-corrected chi connectivity index (χ2v) is 17.2. The second kappa shape index (κ2) is 52.4. The van der Waals surface area contributed by atoms with Gasteiger partial charge in [0, 0.05) is 6.42 Å². The number of aliphatic hydroxyl groups is 2. The van der Waals surface area contributed by atoms with Gasteiger partial charge in [0.2, 0.25) is 5.91 Å². The Morgan fingerprint density at radius 3 is 1.13 bits per heavy atom. The van der Waals surface area contributed by atoms with E-state index in [1.54, 1.807) is 6.08 Å². The third kappa shape index (κ3) is 48.1. The smallest absolute Gasteiger partial charge is 0.220 e. The lowest BCUT2D eigenvalue weighted by atomic mass is 10.0. The minimum atomic E-state index is -0.880. The maximum atomic E-state index is 12.4. The molecule has 0 aliphatic heterocycles. The summed E-state index contributed by atoms with van der Waals surface area (Å²) in [7, 11) is 0. The average molecular weight is 858 g/mol. The van der Waals surface area contributed by atoms with Gasteiger partial charge in [-0.15, -0.1) is 0 Å². The summed E-state index contributed by atoms with van der Waals surface area (Å²) in [5.74, 6) is -0.0868. The molecule has 4 heteroatoms. The summed E-state index contributed by atoms with van der Waals surface area (Å²) in [5, 5.41) is 23.1. The maximum absolute atomic E-state index is 12.4. The largest absolute Gasteiger partial charge is 0.394 e. The van der Waals surface area contributed by atoms with Crippen molar-refractivity contribution in [1.29, 1.82) is 0 Å².